The van der Waals surface area contributed by atoms with Crippen LogP contribution in [0.2, 0.25) is 0 Å². The van der Waals surface area contributed by atoms with Gasteiger partial charge in [-0.25, -0.2) is 0 Å². The Hall–Kier alpha value is -1.55. The number of rotatable bonds is 5. The molecule has 2 atom stereocenters. The summed E-state index contributed by atoms with van der Waals surface area (Å²) in [6.07, 6.45) is 0. The van der Waals surface area contributed by atoms with Crippen molar-refractivity contribution in [3.8, 4) is 5.75 Å². The second kappa shape index (κ2) is 6.25. The van der Waals surface area contributed by atoms with Gasteiger partial charge in [0.25, 0.3) is 5.91 Å². The smallest absolute Gasteiger partial charge is 0.255 e. The number of carbonyl (C=O) groups is 1. The molecule has 0 aliphatic carbocycles. The highest BCUT2D eigenvalue weighted by molar-refractivity contribution is 5.97. The number of ether oxygens (including phenoxy) is 1. The van der Waals surface area contributed by atoms with E-state index in [0.29, 0.717) is 11.3 Å². The summed E-state index contributed by atoms with van der Waals surface area (Å²) in [5, 5.41) is 11.9. The molecule has 2 N–H and O–H groups in total. The number of hydrogen-bond donors (Lipinski definition) is 2. The average Bonchev–Trinajstić information content (AvgIpc) is 2.37. The molecule has 94 valence electrons. The summed E-state index contributed by atoms with van der Waals surface area (Å²) in [5.74, 6) is 0.387. The molecule has 0 fully saturated rings. The van der Waals surface area contributed by atoms with Gasteiger partial charge in [0.15, 0.2) is 0 Å². The Morgan fingerprint density at radius 3 is 2.65 bits per heavy atom. The Kier molecular flexibility index (Phi) is 4.97. The lowest BCUT2D eigenvalue weighted by Crippen LogP contribution is -2.38. The third-order valence-electron chi connectivity index (χ3n) is 2.85. The van der Waals surface area contributed by atoms with E-state index in [4.69, 9.17) is 9.84 Å². The zero-order valence-corrected chi connectivity index (χ0v) is 10.4. The summed E-state index contributed by atoms with van der Waals surface area (Å²) in [5.41, 5.74) is 0.506. The van der Waals surface area contributed by atoms with Crippen LogP contribution in [-0.2, 0) is 0 Å². The highest BCUT2D eigenvalue weighted by Gasteiger charge is 2.17. The molecule has 1 aromatic carbocycles. The molecule has 1 amide bonds. The zero-order chi connectivity index (χ0) is 12.8. The van der Waals surface area contributed by atoms with E-state index in [1.807, 2.05) is 19.9 Å². The molecule has 17 heavy (non-hydrogen) atoms. The molecule has 0 heterocycles. The van der Waals surface area contributed by atoms with Crippen LogP contribution in [0, 0.1) is 5.92 Å². The Morgan fingerprint density at radius 1 is 1.41 bits per heavy atom. The van der Waals surface area contributed by atoms with Crippen molar-refractivity contribution in [1.29, 1.82) is 0 Å². The number of aliphatic hydroxyl groups is 1. The summed E-state index contributed by atoms with van der Waals surface area (Å²) in [4.78, 5) is 12.0. The van der Waals surface area contributed by atoms with Crippen LogP contribution < -0.4 is 10.1 Å². The molecule has 0 radical (unpaired) electrons. The maximum atomic E-state index is 12.0. The van der Waals surface area contributed by atoms with Gasteiger partial charge >= 0.3 is 0 Å². The van der Waals surface area contributed by atoms with Gasteiger partial charge < -0.3 is 15.2 Å². The van der Waals surface area contributed by atoms with E-state index < -0.39 is 0 Å². The van der Waals surface area contributed by atoms with Crippen molar-refractivity contribution in [2.75, 3.05) is 13.7 Å². The van der Waals surface area contributed by atoms with Gasteiger partial charge in [-0.05, 0) is 25.0 Å². The first-order valence-corrected chi connectivity index (χ1v) is 5.65. The minimum absolute atomic E-state index is 0.0219. The predicted molar refractivity (Wildman–Crippen MR) is 66.2 cm³/mol. The first-order chi connectivity index (χ1) is 8.10. The summed E-state index contributed by atoms with van der Waals surface area (Å²) in [6, 6.07) is 6.98. The molecule has 1 aromatic rings. The largest absolute Gasteiger partial charge is 0.496 e. The van der Waals surface area contributed by atoms with Crippen molar-refractivity contribution in [2.45, 2.75) is 19.9 Å². The SMILES string of the molecule is COc1ccccc1C(=O)NC(C)C(C)CO. The Morgan fingerprint density at radius 2 is 2.06 bits per heavy atom. The van der Waals surface area contributed by atoms with Crippen molar-refractivity contribution in [3.05, 3.63) is 29.8 Å². The number of aliphatic hydroxyl groups excluding tert-OH is 1. The van der Waals surface area contributed by atoms with Crippen LogP contribution in [-0.4, -0.2) is 30.8 Å². The molecule has 2 unspecified atom stereocenters. The van der Waals surface area contributed by atoms with E-state index in [-0.39, 0.29) is 24.5 Å². The van der Waals surface area contributed by atoms with Crippen molar-refractivity contribution < 1.29 is 14.6 Å². The number of benzene rings is 1. The topological polar surface area (TPSA) is 58.6 Å². The van der Waals surface area contributed by atoms with Gasteiger partial charge in [-0.15, -0.1) is 0 Å². The van der Waals surface area contributed by atoms with Gasteiger partial charge in [0.2, 0.25) is 0 Å². The average molecular weight is 237 g/mol. The number of hydrogen-bond acceptors (Lipinski definition) is 3. The summed E-state index contributed by atoms with van der Waals surface area (Å²) >= 11 is 0. The highest BCUT2D eigenvalue weighted by atomic mass is 16.5. The van der Waals surface area contributed by atoms with Crippen molar-refractivity contribution >= 4 is 5.91 Å². The van der Waals surface area contributed by atoms with Crippen LogP contribution in [0.3, 0.4) is 0 Å². The first kappa shape index (κ1) is 13.5. The molecular weight excluding hydrogens is 218 g/mol. The summed E-state index contributed by atoms with van der Waals surface area (Å²) in [6.45, 7) is 3.80. The lowest BCUT2D eigenvalue weighted by molar-refractivity contribution is 0.0913. The number of nitrogens with one attached hydrogen (secondary N) is 1. The van der Waals surface area contributed by atoms with Crippen molar-refractivity contribution in [2.24, 2.45) is 5.92 Å². The molecule has 0 aliphatic rings. The van der Waals surface area contributed by atoms with Gasteiger partial charge in [-0.3, -0.25) is 4.79 Å². The van der Waals surface area contributed by atoms with E-state index in [0.717, 1.165) is 0 Å². The summed E-state index contributed by atoms with van der Waals surface area (Å²) < 4.78 is 5.12. The molecule has 0 saturated carbocycles. The monoisotopic (exact) mass is 237 g/mol. The lowest BCUT2D eigenvalue weighted by atomic mass is 10.0. The quantitative estimate of drug-likeness (QED) is 0.814. The third-order valence-corrected chi connectivity index (χ3v) is 2.85. The molecule has 0 saturated heterocycles. The first-order valence-electron chi connectivity index (χ1n) is 5.65. The molecule has 0 spiro atoms. The minimum Gasteiger partial charge on any atom is -0.496 e. The molecular formula is C13H19NO3. The van der Waals surface area contributed by atoms with Crippen LogP contribution in [0.5, 0.6) is 5.75 Å². The van der Waals surface area contributed by atoms with Gasteiger partial charge in [-0.1, -0.05) is 19.1 Å². The van der Waals surface area contributed by atoms with Gasteiger partial charge in [0, 0.05) is 12.6 Å². The number of carbonyl (C=O) groups excluding carboxylic acids is 1. The minimum atomic E-state index is -0.185. The standard InChI is InChI=1S/C13H19NO3/c1-9(8-15)10(2)14-13(16)11-6-4-5-7-12(11)17-3/h4-7,9-10,15H,8H2,1-3H3,(H,14,16). The van der Waals surface area contributed by atoms with Crippen LogP contribution in [0.4, 0.5) is 0 Å². The van der Waals surface area contributed by atoms with Gasteiger partial charge in [-0.2, -0.15) is 0 Å². The van der Waals surface area contributed by atoms with Crippen molar-refractivity contribution in [3.63, 3.8) is 0 Å². The second-order valence-electron chi connectivity index (χ2n) is 4.12. The fraction of sp³-hybridized carbons (Fsp3) is 0.462. The molecule has 4 nitrogen and oxygen atoms in total. The normalized spacial score (nSPS) is 13.9. The Balaban J connectivity index is 2.76. The number of para-hydroxylation sites is 1. The van der Waals surface area contributed by atoms with E-state index >= 15 is 0 Å². The van der Waals surface area contributed by atoms with Gasteiger partial charge in [0.1, 0.15) is 5.75 Å². The Labute approximate surface area is 102 Å². The molecule has 1 rings (SSSR count). The molecule has 4 heteroatoms. The highest BCUT2D eigenvalue weighted by Crippen LogP contribution is 2.17. The fourth-order valence-corrected chi connectivity index (χ4v) is 1.42. The molecule has 0 bridgehead atoms. The van der Waals surface area contributed by atoms with Crippen LogP contribution in [0.1, 0.15) is 24.2 Å². The van der Waals surface area contributed by atoms with E-state index in [1.165, 1.54) is 7.11 Å². The Bertz CT molecular complexity index is 379. The fourth-order valence-electron chi connectivity index (χ4n) is 1.42. The second-order valence-corrected chi connectivity index (χ2v) is 4.12. The molecule has 0 aromatic heterocycles. The zero-order valence-electron chi connectivity index (χ0n) is 10.4. The van der Waals surface area contributed by atoms with Crippen LogP contribution in [0.15, 0.2) is 24.3 Å². The molecule has 0 aliphatic heterocycles. The van der Waals surface area contributed by atoms with Crippen LogP contribution in [0.25, 0.3) is 0 Å². The maximum absolute atomic E-state index is 12.0. The maximum Gasteiger partial charge on any atom is 0.255 e. The lowest BCUT2D eigenvalue weighted by Gasteiger charge is -2.19. The number of methoxy groups -OCH3 is 1. The summed E-state index contributed by atoms with van der Waals surface area (Å²) in [7, 11) is 1.53. The van der Waals surface area contributed by atoms with E-state index in [2.05, 4.69) is 5.32 Å². The van der Waals surface area contributed by atoms with Gasteiger partial charge in [0.05, 0.1) is 12.7 Å². The van der Waals surface area contributed by atoms with E-state index in [9.17, 15) is 4.79 Å². The third kappa shape index (κ3) is 3.46. The van der Waals surface area contributed by atoms with Crippen molar-refractivity contribution in [1.82, 2.24) is 5.32 Å². The number of amides is 1. The van der Waals surface area contributed by atoms with Crippen LogP contribution >= 0.6 is 0 Å². The predicted octanol–water partition coefficient (Wildman–Crippen LogP) is 1.44. The van der Waals surface area contributed by atoms with E-state index in [1.54, 1.807) is 18.2 Å².